The van der Waals surface area contributed by atoms with Gasteiger partial charge in [0.05, 0.1) is 23.6 Å². The Balaban J connectivity index is 1.28. The van der Waals surface area contributed by atoms with Gasteiger partial charge in [0, 0.05) is 36.3 Å². The van der Waals surface area contributed by atoms with Crippen LogP contribution in [0.15, 0.2) is 34.8 Å². The van der Waals surface area contributed by atoms with Gasteiger partial charge in [0.25, 0.3) is 0 Å². The van der Waals surface area contributed by atoms with E-state index < -0.39 is 41.7 Å². The van der Waals surface area contributed by atoms with Crippen molar-refractivity contribution in [2.45, 2.75) is 100 Å². The summed E-state index contributed by atoms with van der Waals surface area (Å²) in [6, 6.07) is 3.62. The molecule has 5 atom stereocenters. The molecule has 3 amide bonds. The van der Waals surface area contributed by atoms with Crippen molar-refractivity contribution in [3.8, 4) is 29.7 Å². The van der Waals surface area contributed by atoms with Gasteiger partial charge in [-0.15, -0.1) is 6.42 Å². The van der Waals surface area contributed by atoms with Crippen LogP contribution in [0.4, 0.5) is 4.79 Å². The van der Waals surface area contributed by atoms with E-state index >= 15 is 0 Å². The number of alkyl carbamates (subject to hydrolysis) is 1. The van der Waals surface area contributed by atoms with Crippen molar-refractivity contribution in [3.63, 3.8) is 0 Å². The molecule has 2 aliphatic carbocycles. The molecule has 2 aromatic rings. The van der Waals surface area contributed by atoms with Crippen molar-refractivity contribution >= 4 is 50.7 Å². The topological polar surface area (TPSA) is 166 Å². The lowest BCUT2D eigenvalue weighted by Gasteiger charge is -2.27. The predicted molar refractivity (Wildman–Crippen MR) is 189 cm³/mol. The second kappa shape index (κ2) is 15.8. The Morgan fingerprint density at radius 1 is 1.16 bits per heavy atom. The first-order chi connectivity index (χ1) is 24.6. The van der Waals surface area contributed by atoms with Gasteiger partial charge in [-0.05, 0) is 79.4 Å². The van der Waals surface area contributed by atoms with Crippen LogP contribution in [0.25, 0.3) is 10.9 Å². The van der Waals surface area contributed by atoms with Crippen molar-refractivity contribution in [3.05, 3.63) is 34.8 Å². The molecule has 0 unspecified atom stereocenters. The summed E-state index contributed by atoms with van der Waals surface area (Å²) in [6.45, 7) is 0.0135. The van der Waals surface area contributed by atoms with Crippen LogP contribution in [-0.2, 0) is 19.1 Å². The molecule has 1 saturated heterocycles. The number of hydrogen-bond acceptors (Lipinski definition) is 9. The Morgan fingerprint density at radius 2 is 1.94 bits per heavy atom. The first kappa shape index (κ1) is 36.3. The van der Waals surface area contributed by atoms with Gasteiger partial charge in [0.15, 0.2) is 6.61 Å². The zero-order valence-electron chi connectivity index (χ0n) is 28.5. The highest BCUT2D eigenvalue weighted by molar-refractivity contribution is 9.10. The molecule has 1 aromatic heterocycles. The number of halogens is 1. The second-order valence-corrected chi connectivity index (χ2v) is 14.4. The fourth-order valence-electron chi connectivity index (χ4n) is 7.31. The van der Waals surface area contributed by atoms with Gasteiger partial charge in [0.1, 0.15) is 35.3 Å². The molecule has 2 aliphatic heterocycles. The number of terminal acetylenes is 1. The summed E-state index contributed by atoms with van der Waals surface area (Å²) in [5, 5.41) is 16.5. The van der Waals surface area contributed by atoms with Crippen molar-refractivity contribution in [1.82, 2.24) is 20.5 Å². The van der Waals surface area contributed by atoms with Gasteiger partial charge in [-0.2, -0.15) is 0 Å². The lowest BCUT2D eigenvalue weighted by atomic mass is 10.0. The number of carboxylic acids is 1. The molecule has 6 rings (SSSR count). The quantitative estimate of drug-likeness (QED) is 0.249. The van der Waals surface area contributed by atoms with Gasteiger partial charge >= 0.3 is 12.1 Å². The second-order valence-electron chi connectivity index (χ2n) is 13.6. The normalized spacial score (nSPS) is 27.5. The van der Waals surface area contributed by atoms with E-state index in [1.54, 1.807) is 18.2 Å². The summed E-state index contributed by atoms with van der Waals surface area (Å²) in [4.78, 5) is 59.4. The summed E-state index contributed by atoms with van der Waals surface area (Å²) < 4.78 is 23.8. The number of nitrogens with zero attached hydrogens (tertiary/aromatic N) is 2. The smallest absolute Gasteiger partial charge is 0.407 e. The molecular weight excluding hydrogens is 724 g/mol. The van der Waals surface area contributed by atoms with Crippen molar-refractivity contribution in [2.24, 2.45) is 5.92 Å². The highest BCUT2D eigenvalue weighted by Gasteiger charge is 2.61. The number of pyridine rings is 1. The maximum atomic E-state index is 14.1. The number of amides is 3. The maximum Gasteiger partial charge on any atom is 0.407 e. The molecule has 4 aliphatic rings. The number of allylic oxidation sites excluding steroid dienone is 1. The molecule has 1 aromatic carbocycles. The first-order valence-electron chi connectivity index (χ1n) is 17.5. The molecule has 3 heterocycles. The zero-order valence-corrected chi connectivity index (χ0v) is 30.1. The summed E-state index contributed by atoms with van der Waals surface area (Å²) >= 11 is 3.55. The zero-order chi connectivity index (χ0) is 36.1. The number of carbonyl (C=O) groups is 4. The monoisotopic (exact) mass is 766 g/mol. The minimum Gasteiger partial charge on any atom is -0.495 e. The van der Waals surface area contributed by atoms with Crippen LogP contribution in [0.5, 0.6) is 17.4 Å². The third-order valence-corrected chi connectivity index (χ3v) is 10.9. The summed E-state index contributed by atoms with van der Waals surface area (Å²) in [5.74, 6) is 1.15. The molecule has 0 spiro atoms. The van der Waals surface area contributed by atoms with Crippen LogP contribution in [0.3, 0.4) is 0 Å². The number of nitrogens with one attached hydrogen (secondary N) is 2. The number of rotatable bonds is 8. The largest absolute Gasteiger partial charge is 0.495 e. The van der Waals surface area contributed by atoms with Crippen molar-refractivity contribution in [2.75, 3.05) is 20.3 Å². The van der Waals surface area contributed by atoms with E-state index in [9.17, 15) is 24.3 Å². The number of carbonyl (C=O) groups excluding carboxylic acids is 3. The molecule has 13 nitrogen and oxygen atoms in total. The van der Waals surface area contributed by atoms with Crippen LogP contribution in [0.2, 0.25) is 0 Å². The number of ether oxygens (including phenoxy) is 4. The molecule has 0 bridgehead atoms. The number of methoxy groups -OCH3 is 1. The van der Waals surface area contributed by atoms with Gasteiger partial charge in [0.2, 0.25) is 17.7 Å². The summed E-state index contributed by atoms with van der Waals surface area (Å²) in [7, 11) is 1.54. The standard InChI is InChI=1S/C37H43BrN4O9/c1-3-16-49-30-19-29(26-14-15-28(48-2)32(38)33(26)40-30)50-25-18-27-34(44)41-37(35(45)46)20-22(37)10-6-4-5-7-11-23(17-31(43)42(27)21-25)39-36(47)51-24-12-8-9-13-24/h1,6,10,14-15,19,22-25,27H,4-5,7-9,11-13,16-18,20-21H2,2H3,(H,39,47)(H,41,44)(H,45,46)/b10-6-/t22-,23-,25+,27-,37+/m0/s1. The van der Waals surface area contributed by atoms with Gasteiger partial charge in [-0.1, -0.05) is 24.5 Å². The number of hydrogen-bond donors (Lipinski definition) is 3. The Hall–Kier alpha value is -4.51. The number of carboxylic acid groups (broad SMARTS) is 1. The third kappa shape index (κ3) is 8.19. The third-order valence-electron chi connectivity index (χ3n) is 10.1. The lowest BCUT2D eigenvalue weighted by molar-refractivity contribution is -0.145. The molecule has 0 radical (unpaired) electrons. The van der Waals surface area contributed by atoms with Gasteiger partial charge < -0.3 is 39.6 Å². The van der Waals surface area contributed by atoms with E-state index in [0.29, 0.717) is 39.7 Å². The number of aliphatic carboxylic acids is 1. The fraction of sp³-hybridized carbons (Fsp3) is 0.541. The van der Waals surface area contributed by atoms with Gasteiger partial charge in [-0.3, -0.25) is 9.59 Å². The first-order valence-corrected chi connectivity index (χ1v) is 18.3. The van der Waals surface area contributed by atoms with E-state index in [4.69, 9.17) is 25.4 Å². The molecule has 272 valence electrons. The molecule has 51 heavy (non-hydrogen) atoms. The van der Waals surface area contributed by atoms with E-state index in [1.165, 1.54) is 12.0 Å². The number of fused-ring (bicyclic) bond motifs is 3. The van der Waals surface area contributed by atoms with Crippen LogP contribution in [0.1, 0.15) is 70.6 Å². The maximum absolute atomic E-state index is 14.1. The molecule has 3 N–H and O–H groups in total. The SMILES string of the molecule is C#CCOc1cc(O[C@@H]2C[C@H]3C(=O)N[C@]4(C(=O)O)C[C@@H]4/C=C\CCCC[C@H](NC(=O)OC4CCCC4)CC(=O)N3C2)c2ccc(OC)c(Br)c2n1. The van der Waals surface area contributed by atoms with E-state index in [1.807, 2.05) is 12.2 Å². The minimum atomic E-state index is -1.44. The number of aromatic nitrogens is 1. The predicted octanol–water partition coefficient (Wildman–Crippen LogP) is 4.88. The Labute approximate surface area is 304 Å². The Morgan fingerprint density at radius 3 is 2.69 bits per heavy atom. The van der Waals surface area contributed by atoms with E-state index in [2.05, 4.69) is 37.5 Å². The van der Waals surface area contributed by atoms with Crippen LogP contribution in [-0.4, -0.2) is 89.0 Å². The minimum absolute atomic E-state index is 0.0294. The van der Waals surface area contributed by atoms with Crippen LogP contribution >= 0.6 is 15.9 Å². The van der Waals surface area contributed by atoms with Gasteiger partial charge in [-0.25, -0.2) is 14.6 Å². The van der Waals surface area contributed by atoms with Crippen molar-refractivity contribution in [1.29, 1.82) is 0 Å². The lowest BCUT2D eigenvalue weighted by Crippen LogP contribution is -2.53. The number of benzene rings is 1. The molecule has 3 fully saturated rings. The van der Waals surface area contributed by atoms with Crippen molar-refractivity contribution < 1.29 is 43.2 Å². The molecule has 2 saturated carbocycles. The van der Waals surface area contributed by atoms with E-state index in [0.717, 1.165) is 38.5 Å². The summed E-state index contributed by atoms with van der Waals surface area (Å²) in [5.41, 5.74) is -0.944. The average molecular weight is 768 g/mol. The molecular formula is C37H43BrN4O9. The summed E-state index contributed by atoms with van der Waals surface area (Å²) in [6.07, 6.45) is 14.6. The highest BCUT2D eigenvalue weighted by Crippen LogP contribution is 2.46. The van der Waals surface area contributed by atoms with Crippen LogP contribution in [0, 0.1) is 18.3 Å². The highest BCUT2D eigenvalue weighted by atomic mass is 79.9. The van der Waals surface area contributed by atoms with Crippen LogP contribution < -0.4 is 24.8 Å². The average Bonchev–Trinajstić information content (AvgIpc) is 3.38. The fourth-order valence-corrected chi connectivity index (χ4v) is 7.91. The Kier molecular flexibility index (Phi) is 11.2. The Bertz CT molecular complexity index is 1740. The van der Waals surface area contributed by atoms with E-state index in [-0.39, 0.29) is 56.2 Å². The molecule has 14 heteroatoms.